The number of imidazole rings is 2. The van der Waals surface area contributed by atoms with Crippen molar-refractivity contribution in [3.8, 4) is 19.5 Å². The Morgan fingerprint density at radius 2 is 0.952 bits per heavy atom. The van der Waals surface area contributed by atoms with Crippen LogP contribution in [0.4, 0.5) is 0 Å². The van der Waals surface area contributed by atoms with E-state index in [1.165, 1.54) is 19.5 Å². The second kappa shape index (κ2) is 7.78. The van der Waals surface area contributed by atoms with Gasteiger partial charge in [-0.25, -0.2) is 18.8 Å². The quantitative estimate of drug-likeness (QED) is 0.183. The van der Waals surface area contributed by atoms with E-state index < -0.39 is 0 Å². The Kier molecular flexibility index (Phi) is 4.33. The molecule has 0 saturated heterocycles. The van der Waals surface area contributed by atoms with Crippen LogP contribution in [-0.2, 0) is 0 Å². The van der Waals surface area contributed by atoms with Crippen LogP contribution in [0.1, 0.15) is 9.75 Å². The van der Waals surface area contributed by atoms with Gasteiger partial charge in [-0.3, -0.25) is 9.59 Å². The summed E-state index contributed by atoms with van der Waals surface area (Å²) >= 11 is 6.67. The molecular weight excluding hydrogens is 601 g/mol. The molecule has 0 fully saturated rings. The highest BCUT2D eigenvalue weighted by Crippen LogP contribution is 2.42. The minimum atomic E-state index is -0.113. The van der Waals surface area contributed by atoms with Crippen molar-refractivity contribution in [1.82, 2.24) is 18.8 Å². The molecule has 0 unspecified atom stereocenters. The molecule has 0 spiro atoms. The minimum Gasteiger partial charge on any atom is -0.268 e. The molecule has 0 saturated carbocycles. The lowest BCUT2D eigenvalue weighted by Crippen LogP contribution is -2.16. The normalized spacial score (nSPS) is 12.7. The van der Waals surface area contributed by atoms with Crippen molar-refractivity contribution in [3.63, 3.8) is 0 Å². The topological polar surface area (TPSA) is 68.7 Å². The molecule has 8 aromatic heterocycles. The first kappa shape index (κ1) is 23.4. The highest BCUT2D eigenvalue weighted by Gasteiger charge is 2.24. The van der Waals surface area contributed by atoms with Gasteiger partial charge in [0.05, 0.1) is 0 Å². The summed E-state index contributed by atoms with van der Waals surface area (Å²) in [7, 11) is 0. The third kappa shape index (κ3) is 2.82. The van der Waals surface area contributed by atoms with Gasteiger partial charge in [0.2, 0.25) is 0 Å². The van der Waals surface area contributed by atoms with Crippen LogP contribution in [0.3, 0.4) is 0 Å². The zero-order valence-corrected chi connectivity index (χ0v) is 25.3. The number of aryl methyl sites for hydroxylation is 2. The maximum absolute atomic E-state index is 14.1. The molecule has 2 aromatic carbocycles. The Balaban J connectivity index is 1.29. The second-order valence-electron chi connectivity index (χ2n) is 10.6. The first-order chi connectivity index (χ1) is 20.4. The molecule has 8 heterocycles. The van der Waals surface area contributed by atoms with Gasteiger partial charge >= 0.3 is 0 Å². The van der Waals surface area contributed by atoms with E-state index in [1.807, 2.05) is 24.3 Å². The zero-order valence-electron chi connectivity index (χ0n) is 22.0. The monoisotopic (exact) mass is 616 g/mol. The average Bonchev–Trinajstić information content (AvgIpc) is 3.80. The fraction of sp³-hybridized carbons (Fsp3) is 0.0625. The molecule has 6 nitrogen and oxygen atoms in total. The molecule has 0 amide bonds. The van der Waals surface area contributed by atoms with E-state index in [9.17, 15) is 9.59 Å². The summed E-state index contributed by atoms with van der Waals surface area (Å²) in [6.45, 7) is 4.19. The molecule has 10 aromatic rings. The Labute approximate surface area is 251 Å². The summed E-state index contributed by atoms with van der Waals surface area (Å²) < 4.78 is 3.50. The average molecular weight is 617 g/mol. The Bertz CT molecular complexity index is 2680. The van der Waals surface area contributed by atoms with Crippen LogP contribution < -0.4 is 11.1 Å². The summed E-state index contributed by atoms with van der Waals surface area (Å²) in [5.41, 5.74) is 2.65. The van der Waals surface area contributed by atoms with Gasteiger partial charge in [-0.15, -0.1) is 45.3 Å². The van der Waals surface area contributed by atoms with Crippen LogP contribution in [0, 0.1) is 13.8 Å². The van der Waals surface area contributed by atoms with Gasteiger partial charge < -0.3 is 0 Å². The van der Waals surface area contributed by atoms with Crippen molar-refractivity contribution in [3.05, 3.63) is 91.1 Å². The minimum absolute atomic E-state index is 0.113. The Morgan fingerprint density at radius 3 is 1.36 bits per heavy atom. The van der Waals surface area contributed by atoms with E-state index in [-0.39, 0.29) is 11.1 Å². The third-order valence-corrected chi connectivity index (χ3v) is 12.8. The molecule has 0 N–H and O–H groups in total. The summed E-state index contributed by atoms with van der Waals surface area (Å²) in [5, 5.41) is 4.48. The van der Waals surface area contributed by atoms with Crippen LogP contribution >= 0.6 is 45.3 Å². The molecule has 0 aliphatic heterocycles. The number of aromatic nitrogens is 4. The highest BCUT2D eigenvalue weighted by atomic mass is 32.1. The van der Waals surface area contributed by atoms with Gasteiger partial charge in [-0.1, -0.05) is 0 Å². The highest BCUT2D eigenvalue weighted by molar-refractivity contribution is 7.26. The van der Waals surface area contributed by atoms with E-state index in [4.69, 9.17) is 9.97 Å². The number of fused-ring (bicyclic) bond motifs is 8. The van der Waals surface area contributed by atoms with Gasteiger partial charge in [-0.05, 0) is 74.5 Å². The number of pyridine rings is 2. The standard InChI is InChI=1S/C32H16N4O2S4/c1-13-3-9-21(39-13)23-11-19-31(41-23)35-27(33-19)15-5-6-16-26-18(8-7-17(25(15)26)29(35)37)30(38)36-28(16)34-20-12-24(42-32(20)36)22-10-4-14(2)40-22/h3-12H,1-2H3. The van der Waals surface area contributed by atoms with Crippen LogP contribution in [0.5, 0.6) is 0 Å². The van der Waals surface area contributed by atoms with Gasteiger partial charge in [0.25, 0.3) is 11.1 Å². The van der Waals surface area contributed by atoms with Crippen LogP contribution in [-0.4, -0.2) is 18.8 Å². The summed E-state index contributed by atoms with van der Waals surface area (Å²) in [6.07, 6.45) is 0. The predicted octanol–water partition coefficient (Wildman–Crippen LogP) is 8.54. The SMILES string of the molecule is Cc1ccc(-c2cc3nc4c5ccc6c7c(ccc(c(=O)n4c3s2)c57)c(=O)n2c6nc3cc(-c4ccc(C)s4)sc32)s1. The Hall–Kier alpha value is -4.22. The summed E-state index contributed by atoms with van der Waals surface area (Å²) in [6, 6.07) is 20.3. The lowest BCUT2D eigenvalue weighted by atomic mass is 9.96. The van der Waals surface area contributed by atoms with E-state index in [0.29, 0.717) is 22.1 Å². The van der Waals surface area contributed by atoms with Crippen molar-refractivity contribution in [2.75, 3.05) is 0 Å². The van der Waals surface area contributed by atoms with E-state index in [0.717, 1.165) is 52.0 Å². The van der Waals surface area contributed by atoms with Crippen molar-refractivity contribution >= 4 is 110 Å². The number of hydrogen-bond acceptors (Lipinski definition) is 8. The lowest BCUT2D eigenvalue weighted by molar-refractivity contribution is 1.19. The van der Waals surface area contributed by atoms with Gasteiger partial charge in [0.1, 0.15) is 32.0 Å². The van der Waals surface area contributed by atoms with Crippen molar-refractivity contribution in [1.29, 1.82) is 0 Å². The third-order valence-electron chi connectivity index (χ3n) is 8.15. The molecule has 42 heavy (non-hydrogen) atoms. The van der Waals surface area contributed by atoms with Gasteiger partial charge in [0.15, 0.2) is 0 Å². The molecule has 0 aliphatic carbocycles. The number of nitrogens with zero attached hydrogens (tertiary/aromatic N) is 4. The number of hydrogen-bond donors (Lipinski definition) is 0. The van der Waals surface area contributed by atoms with E-state index in [1.54, 1.807) is 54.1 Å². The Morgan fingerprint density at radius 1 is 0.524 bits per heavy atom. The molecule has 200 valence electrons. The second-order valence-corrected chi connectivity index (χ2v) is 15.3. The van der Waals surface area contributed by atoms with Crippen molar-refractivity contribution in [2.24, 2.45) is 0 Å². The zero-order chi connectivity index (χ0) is 28.0. The predicted molar refractivity (Wildman–Crippen MR) is 178 cm³/mol. The first-order valence-corrected chi connectivity index (χ1v) is 16.6. The van der Waals surface area contributed by atoms with Crippen LogP contribution in [0.15, 0.2) is 70.3 Å². The molecule has 10 heteroatoms. The molecular formula is C32H16N4O2S4. The fourth-order valence-corrected chi connectivity index (χ4v) is 10.4. The first-order valence-electron chi connectivity index (χ1n) is 13.3. The number of rotatable bonds is 2. The fourth-order valence-electron chi connectivity index (χ4n) is 6.33. The largest absolute Gasteiger partial charge is 0.268 e. The smallest absolute Gasteiger partial charge is 0.265 e. The van der Waals surface area contributed by atoms with Crippen molar-refractivity contribution < 1.29 is 0 Å². The van der Waals surface area contributed by atoms with E-state index >= 15 is 0 Å². The van der Waals surface area contributed by atoms with Crippen molar-refractivity contribution in [2.45, 2.75) is 13.8 Å². The maximum atomic E-state index is 14.1. The summed E-state index contributed by atoms with van der Waals surface area (Å²) in [4.78, 5) is 46.9. The number of thiophene rings is 4. The van der Waals surface area contributed by atoms with Gasteiger partial charge in [0, 0.05) is 61.6 Å². The molecule has 0 aliphatic rings. The van der Waals surface area contributed by atoms with Crippen LogP contribution in [0.25, 0.3) is 83.8 Å². The maximum Gasteiger partial charge on any atom is 0.265 e. The summed E-state index contributed by atoms with van der Waals surface area (Å²) in [5.74, 6) is 0. The van der Waals surface area contributed by atoms with E-state index in [2.05, 4.69) is 50.2 Å². The number of benzene rings is 2. The lowest BCUT2D eigenvalue weighted by Gasteiger charge is -2.11. The molecule has 0 bridgehead atoms. The molecule has 10 rings (SSSR count). The molecule has 0 atom stereocenters. The molecule has 0 radical (unpaired) electrons. The van der Waals surface area contributed by atoms with Crippen LogP contribution in [0.2, 0.25) is 0 Å². The van der Waals surface area contributed by atoms with Gasteiger partial charge in [-0.2, -0.15) is 0 Å².